The van der Waals surface area contributed by atoms with Gasteiger partial charge < -0.3 is 10.4 Å². The van der Waals surface area contributed by atoms with E-state index in [1.165, 1.54) is 6.07 Å². The highest BCUT2D eigenvalue weighted by molar-refractivity contribution is 6.29. The molecule has 1 atom stereocenters. The number of carbonyl (C=O) groups is 2. The molecular formula is C13H17ClN2O3. The molecule has 0 saturated heterocycles. The van der Waals surface area contributed by atoms with E-state index >= 15 is 0 Å². The van der Waals surface area contributed by atoms with Crippen LogP contribution in [0.4, 0.5) is 0 Å². The van der Waals surface area contributed by atoms with Crippen molar-refractivity contribution < 1.29 is 14.7 Å². The van der Waals surface area contributed by atoms with Gasteiger partial charge in [-0.15, -0.1) is 0 Å². The van der Waals surface area contributed by atoms with Crippen LogP contribution in [0, 0.1) is 5.92 Å². The summed E-state index contributed by atoms with van der Waals surface area (Å²) in [7, 11) is 0. The van der Waals surface area contributed by atoms with Gasteiger partial charge in [-0.25, -0.2) is 4.98 Å². The number of aliphatic carboxylic acids is 1. The van der Waals surface area contributed by atoms with Crippen molar-refractivity contribution in [3.05, 3.63) is 28.5 Å². The van der Waals surface area contributed by atoms with Crippen LogP contribution in [-0.2, 0) is 11.2 Å². The molecule has 1 aromatic rings. The Kier molecular flexibility index (Phi) is 5.76. The van der Waals surface area contributed by atoms with Crippen molar-refractivity contribution in [2.75, 3.05) is 6.54 Å². The summed E-state index contributed by atoms with van der Waals surface area (Å²) in [4.78, 5) is 26.6. The fourth-order valence-electron chi connectivity index (χ4n) is 1.49. The van der Waals surface area contributed by atoms with Crippen LogP contribution in [0.3, 0.4) is 0 Å². The average Bonchev–Trinajstić information content (AvgIpc) is 2.37. The minimum Gasteiger partial charge on any atom is -0.481 e. The van der Waals surface area contributed by atoms with E-state index in [1.807, 2.05) is 6.92 Å². The number of aromatic nitrogens is 1. The molecule has 0 bridgehead atoms. The van der Waals surface area contributed by atoms with Crippen LogP contribution in [0.15, 0.2) is 12.1 Å². The quantitative estimate of drug-likeness (QED) is 0.785. The molecule has 2 N–H and O–H groups in total. The monoisotopic (exact) mass is 284 g/mol. The summed E-state index contributed by atoms with van der Waals surface area (Å²) in [6.45, 7) is 3.84. The zero-order valence-corrected chi connectivity index (χ0v) is 11.7. The van der Waals surface area contributed by atoms with Gasteiger partial charge in [0.15, 0.2) is 0 Å². The number of halogens is 1. The molecule has 0 spiro atoms. The number of amides is 1. The maximum absolute atomic E-state index is 11.9. The van der Waals surface area contributed by atoms with Gasteiger partial charge in [-0.1, -0.05) is 25.4 Å². The largest absolute Gasteiger partial charge is 0.481 e. The van der Waals surface area contributed by atoms with Crippen molar-refractivity contribution >= 4 is 23.5 Å². The number of aryl methyl sites for hydroxylation is 1. The van der Waals surface area contributed by atoms with Gasteiger partial charge in [-0.3, -0.25) is 9.59 Å². The Bertz CT molecular complexity index is 477. The Morgan fingerprint density at radius 1 is 1.47 bits per heavy atom. The number of carbonyl (C=O) groups excluding carboxylic acids is 1. The van der Waals surface area contributed by atoms with Crippen LogP contribution in [0.1, 0.15) is 36.3 Å². The minimum absolute atomic E-state index is 0.267. The summed E-state index contributed by atoms with van der Waals surface area (Å²) >= 11 is 5.83. The predicted octanol–water partition coefficient (Wildman–Crippen LogP) is 2.14. The Hall–Kier alpha value is -1.62. The molecule has 1 heterocycles. The first-order valence-electron chi connectivity index (χ1n) is 6.11. The summed E-state index contributed by atoms with van der Waals surface area (Å²) in [5, 5.41) is 11.7. The number of rotatable bonds is 6. The lowest BCUT2D eigenvalue weighted by Gasteiger charge is -2.08. The molecule has 0 aliphatic heterocycles. The lowest BCUT2D eigenvalue weighted by atomic mass is 10.1. The molecule has 1 unspecified atom stereocenters. The lowest BCUT2D eigenvalue weighted by molar-refractivity contribution is -0.141. The molecule has 5 nitrogen and oxygen atoms in total. The number of nitrogens with one attached hydrogen (secondary N) is 1. The average molecular weight is 285 g/mol. The molecule has 0 aliphatic rings. The zero-order valence-electron chi connectivity index (χ0n) is 10.9. The van der Waals surface area contributed by atoms with E-state index in [0.717, 1.165) is 5.69 Å². The first kappa shape index (κ1) is 15.4. The van der Waals surface area contributed by atoms with E-state index in [-0.39, 0.29) is 11.1 Å². The van der Waals surface area contributed by atoms with Crippen LogP contribution >= 0.6 is 11.6 Å². The van der Waals surface area contributed by atoms with Crippen LogP contribution in [0.25, 0.3) is 0 Å². The van der Waals surface area contributed by atoms with Crippen LogP contribution in [-0.4, -0.2) is 28.5 Å². The fourth-order valence-corrected chi connectivity index (χ4v) is 1.72. The molecule has 6 heteroatoms. The first-order chi connectivity index (χ1) is 8.93. The molecule has 0 aromatic carbocycles. The number of pyridine rings is 1. The van der Waals surface area contributed by atoms with E-state index in [4.69, 9.17) is 16.7 Å². The SMILES string of the molecule is CCc1cc(C(=O)NCCC(C)C(=O)O)cc(Cl)n1. The van der Waals surface area contributed by atoms with Crippen molar-refractivity contribution in [1.29, 1.82) is 0 Å². The summed E-state index contributed by atoms with van der Waals surface area (Å²) in [5.41, 5.74) is 1.19. The Balaban J connectivity index is 2.58. The first-order valence-corrected chi connectivity index (χ1v) is 6.49. The Labute approximate surface area is 117 Å². The minimum atomic E-state index is -0.866. The molecule has 19 heavy (non-hydrogen) atoms. The van der Waals surface area contributed by atoms with E-state index in [2.05, 4.69) is 10.3 Å². The molecule has 104 valence electrons. The van der Waals surface area contributed by atoms with E-state index in [9.17, 15) is 9.59 Å². The van der Waals surface area contributed by atoms with E-state index < -0.39 is 11.9 Å². The normalized spacial score (nSPS) is 11.9. The van der Waals surface area contributed by atoms with Crippen molar-refractivity contribution in [1.82, 2.24) is 10.3 Å². The molecular weight excluding hydrogens is 268 g/mol. The van der Waals surface area contributed by atoms with Crippen molar-refractivity contribution in [2.24, 2.45) is 5.92 Å². The molecule has 0 saturated carbocycles. The van der Waals surface area contributed by atoms with Gasteiger partial charge in [0.1, 0.15) is 5.15 Å². The second-order valence-electron chi connectivity index (χ2n) is 4.31. The third-order valence-electron chi connectivity index (χ3n) is 2.76. The van der Waals surface area contributed by atoms with Crippen LogP contribution in [0.5, 0.6) is 0 Å². The third-order valence-corrected chi connectivity index (χ3v) is 2.95. The van der Waals surface area contributed by atoms with Gasteiger partial charge in [0.2, 0.25) is 0 Å². The van der Waals surface area contributed by atoms with Crippen molar-refractivity contribution in [3.8, 4) is 0 Å². The van der Waals surface area contributed by atoms with Gasteiger partial charge in [0.25, 0.3) is 5.91 Å². The highest BCUT2D eigenvalue weighted by Gasteiger charge is 2.12. The Morgan fingerprint density at radius 3 is 2.74 bits per heavy atom. The second-order valence-corrected chi connectivity index (χ2v) is 4.69. The number of nitrogens with zero attached hydrogens (tertiary/aromatic N) is 1. The molecule has 0 aliphatic carbocycles. The second kappa shape index (κ2) is 7.09. The standard InChI is InChI=1S/C13H17ClN2O3/c1-3-10-6-9(7-11(14)16-10)12(17)15-5-4-8(2)13(18)19/h6-8H,3-5H2,1-2H3,(H,15,17)(H,18,19). The summed E-state index contributed by atoms with van der Waals surface area (Å²) < 4.78 is 0. The van der Waals surface area contributed by atoms with Gasteiger partial charge in [0.05, 0.1) is 5.92 Å². The zero-order chi connectivity index (χ0) is 14.4. The topological polar surface area (TPSA) is 79.3 Å². The van der Waals surface area contributed by atoms with Gasteiger partial charge in [-0.05, 0) is 25.0 Å². The van der Waals surface area contributed by atoms with Gasteiger partial charge in [0, 0.05) is 17.8 Å². The smallest absolute Gasteiger partial charge is 0.306 e. The van der Waals surface area contributed by atoms with Gasteiger partial charge in [-0.2, -0.15) is 0 Å². The summed E-state index contributed by atoms with van der Waals surface area (Å²) in [5.74, 6) is -1.61. The highest BCUT2D eigenvalue weighted by Crippen LogP contribution is 2.11. The lowest BCUT2D eigenvalue weighted by Crippen LogP contribution is -2.27. The van der Waals surface area contributed by atoms with Crippen LogP contribution < -0.4 is 5.32 Å². The van der Waals surface area contributed by atoms with E-state index in [0.29, 0.717) is 24.9 Å². The van der Waals surface area contributed by atoms with Crippen molar-refractivity contribution in [3.63, 3.8) is 0 Å². The Morgan fingerprint density at radius 2 is 2.16 bits per heavy atom. The molecule has 1 amide bonds. The van der Waals surface area contributed by atoms with Gasteiger partial charge >= 0.3 is 5.97 Å². The summed E-state index contributed by atoms with van der Waals surface area (Å²) in [6.07, 6.45) is 1.08. The fraction of sp³-hybridized carbons (Fsp3) is 0.462. The maximum Gasteiger partial charge on any atom is 0.306 e. The predicted molar refractivity (Wildman–Crippen MR) is 72.4 cm³/mol. The molecule has 1 rings (SSSR count). The van der Waals surface area contributed by atoms with Crippen molar-refractivity contribution in [2.45, 2.75) is 26.7 Å². The number of hydrogen-bond donors (Lipinski definition) is 2. The number of hydrogen-bond acceptors (Lipinski definition) is 3. The van der Waals surface area contributed by atoms with E-state index in [1.54, 1.807) is 13.0 Å². The molecule has 0 radical (unpaired) electrons. The molecule has 1 aromatic heterocycles. The highest BCUT2D eigenvalue weighted by atomic mass is 35.5. The van der Waals surface area contributed by atoms with Crippen LogP contribution in [0.2, 0.25) is 5.15 Å². The summed E-state index contributed by atoms with van der Waals surface area (Å²) in [6, 6.07) is 3.18. The number of carboxylic acid groups (broad SMARTS) is 1. The maximum atomic E-state index is 11.9. The molecule has 0 fully saturated rings. The third kappa shape index (κ3) is 4.87. The number of carboxylic acids is 1.